The van der Waals surface area contributed by atoms with Gasteiger partial charge in [-0.3, -0.25) is 0 Å². The molecule has 0 saturated carbocycles. The first-order valence-corrected chi connectivity index (χ1v) is 4.71. The fraction of sp³-hybridized carbons (Fsp3) is 0.200. The number of aryl methyl sites for hydroxylation is 1. The third-order valence-electron chi connectivity index (χ3n) is 2.07. The average Bonchev–Trinajstić information content (AvgIpc) is 2.64. The number of nitrogens with two attached hydrogens (primary N) is 1. The van der Waals surface area contributed by atoms with Gasteiger partial charge in [0, 0.05) is 6.54 Å². The van der Waals surface area contributed by atoms with Crippen LogP contribution < -0.4 is 11.1 Å². The lowest BCUT2D eigenvalue weighted by Crippen LogP contribution is -2.00. The summed E-state index contributed by atoms with van der Waals surface area (Å²) in [5.74, 6) is 0.842. The van der Waals surface area contributed by atoms with E-state index in [0.29, 0.717) is 18.4 Å². The normalized spacial score (nSPS) is 10.2. The minimum atomic E-state index is 0.321. The molecule has 0 aliphatic rings. The lowest BCUT2D eigenvalue weighted by atomic mass is 10.1. The number of aromatic nitrogens is 3. The molecule has 0 radical (unpaired) electrons. The third-order valence-corrected chi connectivity index (χ3v) is 2.07. The fourth-order valence-electron chi connectivity index (χ4n) is 1.24. The highest BCUT2D eigenvalue weighted by Gasteiger charge is 1.98. The van der Waals surface area contributed by atoms with Gasteiger partial charge >= 0.3 is 0 Å². The zero-order valence-corrected chi connectivity index (χ0v) is 8.49. The van der Waals surface area contributed by atoms with Crippen molar-refractivity contribution in [2.24, 2.45) is 0 Å². The van der Waals surface area contributed by atoms with Crippen molar-refractivity contribution >= 4 is 11.9 Å². The van der Waals surface area contributed by atoms with E-state index in [4.69, 9.17) is 5.73 Å². The maximum Gasteiger partial charge on any atom is 0.243 e. The van der Waals surface area contributed by atoms with Crippen LogP contribution in [0, 0.1) is 6.92 Å². The minimum absolute atomic E-state index is 0.321. The summed E-state index contributed by atoms with van der Waals surface area (Å²) in [6.45, 7) is 2.75. The van der Waals surface area contributed by atoms with Gasteiger partial charge in [0.2, 0.25) is 11.9 Å². The first-order valence-electron chi connectivity index (χ1n) is 4.71. The first-order chi connectivity index (χ1) is 7.24. The molecule has 0 unspecified atom stereocenters. The van der Waals surface area contributed by atoms with Crippen LogP contribution in [-0.2, 0) is 6.54 Å². The molecule has 0 spiro atoms. The Kier molecular flexibility index (Phi) is 2.53. The van der Waals surface area contributed by atoms with E-state index in [-0.39, 0.29) is 0 Å². The summed E-state index contributed by atoms with van der Waals surface area (Å²) in [5.41, 5.74) is 7.83. The summed E-state index contributed by atoms with van der Waals surface area (Å²) in [5, 5.41) is 9.51. The maximum absolute atomic E-state index is 5.40. The molecule has 1 heterocycles. The van der Waals surface area contributed by atoms with Crippen molar-refractivity contribution in [1.29, 1.82) is 0 Å². The lowest BCUT2D eigenvalue weighted by Gasteiger charge is -2.02. The van der Waals surface area contributed by atoms with E-state index in [0.717, 1.165) is 0 Å². The van der Waals surface area contributed by atoms with E-state index in [1.54, 1.807) is 0 Å². The van der Waals surface area contributed by atoms with E-state index in [1.807, 2.05) is 0 Å². The van der Waals surface area contributed by atoms with E-state index < -0.39 is 0 Å². The molecule has 0 aliphatic heterocycles. The van der Waals surface area contributed by atoms with Gasteiger partial charge in [0.15, 0.2) is 0 Å². The Balaban J connectivity index is 1.96. The molecule has 1 aromatic heterocycles. The van der Waals surface area contributed by atoms with Gasteiger partial charge < -0.3 is 11.1 Å². The van der Waals surface area contributed by atoms with Gasteiger partial charge in [-0.2, -0.15) is 4.98 Å². The molecule has 0 atom stereocenters. The molecule has 0 saturated heterocycles. The molecule has 4 N–H and O–H groups in total. The highest BCUT2D eigenvalue weighted by Crippen LogP contribution is 2.06. The smallest absolute Gasteiger partial charge is 0.243 e. The minimum Gasteiger partial charge on any atom is -0.368 e. The molecule has 2 rings (SSSR count). The SMILES string of the molecule is Cc1ccc(CNc2n[nH]c(N)n2)cc1. The summed E-state index contributed by atoms with van der Waals surface area (Å²) in [6.07, 6.45) is 0. The molecule has 5 nitrogen and oxygen atoms in total. The summed E-state index contributed by atoms with van der Waals surface area (Å²) in [4.78, 5) is 3.94. The molecule has 0 amide bonds. The third kappa shape index (κ3) is 2.46. The van der Waals surface area contributed by atoms with Crippen molar-refractivity contribution in [2.75, 3.05) is 11.1 Å². The molecule has 15 heavy (non-hydrogen) atoms. The number of nitrogens with zero attached hydrogens (tertiary/aromatic N) is 2. The van der Waals surface area contributed by atoms with Crippen LogP contribution in [0.2, 0.25) is 0 Å². The predicted molar refractivity (Wildman–Crippen MR) is 59.3 cm³/mol. The van der Waals surface area contributed by atoms with E-state index in [9.17, 15) is 0 Å². The van der Waals surface area contributed by atoms with Crippen LogP contribution in [0.5, 0.6) is 0 Å². The second kappa shape index (κ2) is 4.00. The van der Waals surface area contributed by atoms with E-state index in [2.05, 4.69) is 51.7 Å². The molecular formula is C10H13N5. The largest absolute Gasteiger partial charge is 0.368 e. The van der Waals surface area contributed by atoms with Crippen molar-refractivity contribution in [3.8, 4) is 0 Å². The number of benzene rings is 1. The molecule has 1 aromatic carbocycles. The average molecular weight is 203 g/mol. The van der Waals surface area contributed by atoms with Crippen molar-refractivity contribution in [1.82, 2.24) is 15.2 Å². The molecule has 0 fully saturated rings. The van der Waals surface area contributed by atoms with Gasteiger partial charge in [-0.05, 0) is 12.5 Å². The first kappa shape index (κ1) is 9.51. The van der Waals surface area contributed by atoms with Crippen LogP contribution in [0.3, 0.4) is 0 Å². The molecule has 5 heteroatoms. The monoisotopic (exact) mass is 203 g/mol. The summed E-state index contributed by atoms with van der Waals surface area (Å²) >= 11 is 0. The maximum atomic E-state index is 5.40. The van der Waals surface area contributed by atoms with Gasteiger partial charge in [0.1, 0.15) is 0 Å². The van der Waals surface area contributed by atoms with Crippen LogP contribution in [0.15, 0.2) is 24.3 Å². The number of hydrogen-bond acceptors (Lipinski definition) is 4. The van der Waals surface area contributed by atoms with Crippen LogP contribution in [0.25, 0.3) is 0 Å². The molecular weight excluding hydrogens is 190 g/mol. The standard InChI is InChI=1S/C10H13N5/c1-7-2-4-8(5-3-7)6-12-10-13-9(11)14-15-10/h2-5H,6H2,1H3,(H4,11,12,13,14,15). The Bertz CT molecular complexity index is 431. The van der Waals surface area contributed by atoms with Gasteiger partial charge in [-0.25, -0.2) is 5.10 Å². The van der Waals surface area contributed by atoms with Gasteiger partial charge in [0.05, 0.1) is 0 Å². The number of nitrogens with one attached hydrogen (secondary N) is 2. The van der Waals surface area contributed by atoms with Crippen LogP contribution >= 0.6 is 0 Å². The Morgan fingerprint density at radius 1 is 1.33 bits per heavy atom. The number of anilines is 2. The molecule has 0 aliphatic carbocycles. The Morgan fingerprint density at radius 3 is 2.67 bits per heavy atom. The van der Waals surface area contributed by atoms with Crippen molar-refractivity contribution < 1.29 is 0 Å². The second-order valence-electron chi connectivity index (χ2n) is 3.38. The summed E-state index contributed by atoms with van der Waals surface area (Å²) in [6, 6.07) is 8.28. The van der Waals surface area contributed by atoms with Crippen molar-refractivity contribution in [3.05, 3.63) is 35.4 Å². The van der Waals surface area contributed by atoms with Gasteiger partial charge in [-0.15, -0.1) is 5.10 Å². The number of hydrogen-bond donors (Lipinski definition) is 3. The van der Waals surface area contributed by atoms with E-state index >= 15 is 0 Å². The van der Waals surface area contributed by atoms with Crippen LogP contribution in [0.4, 0.5) is 11.9 Å². The van der Waals surface area contributed by atoms with Crippen molar-refractivity contribution in [2.45, 2.75) is 13.5 Å². The molecule has 78 valence electrons. The van der Waals surface area contributed by atoms with Gasteiger partial charge in [-0.1, -0.05) is 29.8 Å². The second-order valence-corrected chi connectivity index (χ2v) is 3.38. The number of rotatable bonds is 3. The zero-order chi connectivity index (χ0) is 10.7. The van der Waals surface area contributed by atoms with Crippen molar-refractivity contribution in [3.63, 3.8) is 0 Å². The van der Waals surface area contributed by atoms with Crippen LogP contribution in [-0.4, -0.2) is 15.2 Å². The summed E-state index contributed by atoms with van der Waals surface area (Å²) in [7, 11) is 0. The lowest BCUT2D eigenvalue weighted by molar-refractivity contribution is 1.04. The Labute approximate surface area is 87.7 Å². The number of nitrogen functional groups attached to an aromatic ring is 1. The molecule has 2 aromatic rings. The van der Waals surface area contributed by atoms with Crippen LogP contribution in [0.1, 0.15) is 11.1 Å². The quantitative estimate of drug-likeness (QED) is 0.702. The van der Waals surface area contributed by atoms with E-state index in [1.165, 1.54) is 11.1 Å². The van der Waals surface area contributed by atoms with Gasteiger partial charge in [0.25, 0.3) is 0 Å². The fourth-order valence-corrected chi connectivity index (χ4v) is 1.24. The highest BCUT2D eigenvalue weighted by atomic mass is 15.3. The topological polar surface area (TPSA) is 79.6 Å². The highest BCUT2D eigenvalue weighted by molar-refractivity contribution is 5.32. The number of H-pyrrole nitrogens is 1. The zero-order valence-electron chi connectivity index (χ0n) is 8.49. The Morgan fingerprint density at radius 2 is 2.07 bits per heavy atom. The molecule has 0 bridgehead atoms. The summed E-state index contributed by atoms with van der Waals surface area (Å²) < 4.78 is 0. The Hall–Kier alpha value is -2.04. The predicted octanol–water partition coefficient (Wildman–Crippen LogP) is 1.31. The number of aromatic amines is 1.